The number of aromatic amines is 1. The van der Waals surface area contributed by atoms with Crippen LogP contribution in [0, 0.1) is 10.1 Å². The highest BCUT2D eigenvalue weighted by molar-refractivity contribution is 5.93. The van der Waals surface area contributed by atoms with Crippen LogP contribution in [0.2, 0.25) is 0 Å². The second-order valence-corrected chi connectivity index (χ2v) is 3.73. The van der Waals surface area contributed by atoms with E-state index < -0.39 is 27.9 Å². The van der Waals surface area contributed by atoms with Gasteiger partial charge in [0, 0.05) is 13.0 Å². The van der Waals surface area contributed by atoms with Crippen molar-refractivity contribution in [2.45, 2.75) is 6.92 Å². The highest BCUT2D eigenvalue weighted by Gasteiger charge is 2.28. The van der Waals surface area contributed by atoms with E-state index in [0.717, 1.165) is 13.3 Å². The molecular formula is C11H9N3O6. The Morgan fingerprint density at radius 2 is 2.20 bits per heavy atom. The summed E-state index contributed by atoms with van der Waals surface area (Å²) in [6, 6.07) is 1.29. The van der Waals surface area contributed by atoms with E-state index in [1.165, 1.54) is 13.2 Å². The van der Waals surface area contributed by atoms with E-state index in [9.17, 15) is 19.7 Å². The number of benzene rings is 1. The summed E-state index contributed by atoms with van der Waals surface area (Å²) in [6.45, 7) is 1.08. The monoisotopic (exact) mass is 279 g/mol. The highest BCUT2D eigenvalue weighted by Crippen LogP contribution is 2.41. The lowest BCUT2D eigenvalue weighted by Crippen LogP contribution is -2.12. The fourth-order valence-corrected chi connectivity index (χ4v) is 1.74. The van der Waals surface area contributed by atoms with Gasteiger partial charge in [0.1, 0.15) is 5.39 Å². The molecule has 1 N–H and O–H groups in total. The minimum atomic E-state index is -0.819. The number of nitro groups is 1. The number of esters is 1. The van der Waals surface area contributed by atoms with Crippen LogP contribution in [-0.4, -0.2) is 28.0 Å². The van der Waals surface area contributed by atoms with Gasteiger partial charge in [-0.25, -0.2) is 4.98 Å². The summed E-state index contributed by atoms with van der Waals surface area (Å²) in [5.41, 5.74) is -1.31. The number of carbonyl (C=O) groups excluding carboxylic acids is 1. The molecule has 1 aromatic heterocycles. The number of aromatic nitrogens is 2. The summed E-state index contributed by atoms with van der Waals surface area (Å²) in [5, 5.41) is 10.9. The largest absolute Gasteiger partial charge is 0.492 e. The second-order valence-electron chi connectivity index (χ2n) is 3.73. The van der Waals surface area contributed by atoms with Crippen LogP contribution < -0.4 is 15.0 Å². The van der Waals surface area contributed by atoms with Gasteiger partial charge in [-0.15, -0.1) is 0 Å². The van der Waals surface area contributed by atoms with Crippen LogP contribution in [0.25, 0.3) is 10.9 Å². The Morgan fingerprint density at radius 1 is 1.50 bits per heavy atom. The lowest BCUT2D eigenvalue weighted by Gasteiger charge is -2.09. The molecule has 0 saturated heterocycles. The SMILES string of the molecule is COc1cc2nc[nH]c(=O)c2c([N+](=O)[O-])c1OC(C)=O. The van der Waals surface area contributed by atoms with Gasteiger partial charge in [0.05, 0.1) is 23.9 Å². The topological polar surface area (TPSA) is 124 Å². The van der Waals surface area contributed by atoms with Crippen molar-refractivity contribution in [3.05, 3.63) is 32.9 Å². The number of nitrogens with zero attached hydrogens (tertiary/aromatic N) is 2. The van der Waals surface area contributed by atoms with E-state index in [1.54, 1.807) is 0 Å². The van der Waals surface area contributed by atoms with E-state index >= 15 is 0 Å². The Kier molecular flexibility index (Phi) is 3.34. The summed E-state index contributed by atoms with van der Waals surface area (Å²) in [4.78, 5) is 39.3. The lowest BCUT2D eigenvalue weighted by atomic mass is 10.1. The molecule has 2 rings (SSSR count). The minimum Gasteiger partial charge on any atom is -0.492 e. The summed E-state index contributed by atoms with van der Waals surface area (Å²) in [5.74, 6) is -1.25. The second kappa shape index (κ2) is 4.96. The van der Waals surface area contributed by atoms with Crippen LogP contribution in [0.1, 0.15) is 6.92 Å². The van der Waals surface area contributed by atoms with Gasteiger partial charge in [0.15, 0.2) is 5.75 Å². The summed E-state index contributed by atoms with van der Waals surface area (Å²) in [7, 11) is 1.26. The smallest absolute Gasteiger partial charge is 0.330 e. The normalized spacial score (nSPS) is 10.3. The van der Waals surface area contributed by atoms with Crippen molar-refractivity contribution >= 4 is 22.6 Å². The van der Waals surface area contributed by atoms with Crippen molar-refractivity contribution in [2.75, 3.05) is 7.11 Å². The molecule has 20 heavy (non-hydrogen) atoms. The van der Waals surface area contributed by atoms with Crippen LogP contribution in [-0.2, 0) is 4.79 Å². The number of hydrogen-bond acceptors (Lipinski definition) is 7. The number of ether oxygens (including phenoxy) is 2. The maximum atomic E-state index is 11.8. The van der Waals surface area contributed by atoms with Crippen molar-refractivity contribution in [3.63, 3.8) is 0 Å². The van der Waals surface area contributed by atoms with Crippen molar-refractivity contribution in [1.29, 1.82) is 0 Å². The third-order valence-electron chi connectivity index (χ3n) is 2.47. The molecule has 0 aliphatic carbocycles. The molecule has 0 aliphatic heterocycles. The molecule has 9 nitrogen and oxygen atoms in total. The molecule has 0 saturated carbocycles. The molecule has 104 valence electrons. The first-order valence-corrected chi connectivity index (χ1v) is 5.37. The lowest BCUT2D eigenvalue weighted by molar-refractivity contribution is -0.384. The zero-order valence-corrected chi connectivity index (χ0v) is 10.5. The average Bonchev–Trinajstić information content (AvgIpc) is 2.37. The highest BCUT2D eigenvalue weighted by atomic mass is 16.6. The van der Waals surface area contributed by atoms with Gasteiger partial charge >= 0.3 is 11.7 Å². The minimum absolute atomic E-state index is 0.0579. The third-order valence-corrected chi connectivity index (χ3v) is 2.47. The van der Waals surface area contributed by atoms with Crippen molar-refractivity contribution in [2.24, 2.45) is 0 Å². The van der Waals surface area contributed by atoms with Gasteiger partial charge < -0.3 is 14.5 Å². The zero-order chi connectivity index (χ0) is 14.9. The van der Waals surface area contributed by atoms with Gasteiger partial charge in [-0.1, -0.05) is 0 Å². The first kappa shape index (κ1) is 13.5. The standard InChI is InChI=1S/C11H9N3O6/c1-5(15)20-10-7(19-2)3-6-8(9(10)14(17)18)11(16)13-4-12-6/h3-4H,1-2H3,(H,12,13,16). The van der Waals surface area contributed by atoms with Crippen LogP contribution in [0.15, 0.2) is 17.2 Å². The quantitative estimate of drug-likeness (QED) is 0.380. The molecule has 1 aromatic carbocycles. The van der Waals surface area contributed by atoms with E-state index in [2.05, 4.69) is 9.97 Å². The van der Waals surface area contributed by atoms with Gasteiger partial charge in [-0.2, -0.15) is 0 Å². The molecule has 0 unspecified atom stereocenters. The molecular weight excluding hydrogens is 270 g/mol. The van der Waals surface area contributed by atoms with Crippen molar-refractivity contribution < 1.29 is 19.2 Å². The number of nitrogens with one attached hydrogen (secondary N) is 1. The van der Waals surface area contributed by atoms with Gasteiger partial charge in [0.2, 0.25) is 0 Å². The van der Waals surface area contributed by atoms with E-state index in [4.69, 9.17) is 9.47 Å². The number of hydrogen-bond donors (Lipinski definition) is 1. The predicted molar refractivity (Wildman–Crippen MR) is 66.9 cm³/mol. The molecule has 0 radical (unpaired) electrons. The number of fused-ring (bicyclic) bond motifs is 1. The Balaban J connectivity index is 2.97. The van der Waals surface area contributed by atoms with E-state index in [0.29, 0.717) is 0 Å². The fourth-order valence-electron chi connectivity index (χ4n) is 1.74. The molecule has 0 atom stereocenters. The van der Waals surface area contributed by atoms with E-state index in [-0.39, 0.29) is 16.7 Å². The molecule has 9 heteroatoms. The number of H-pyrrole nitrogens is 1. The molecule has 0 amide bonds. The summed E-state index contributed by atoms with van der Waals surface area (Å²) in [6.07, 6.45) is 1.11. The molecule has 1 heterocycles. The van der Waals surface area contributed by atoms with Crippen LogP contribution in [0.3, 0.4) is 0 Å². The van der Waals surface area contributed by atoms with Crippen molar-refractivity contribution in [3.8, 4) is 11.5 Å². The van der Waals surface area contributed by atoms with Crippen LogP contribution >= 0.6 is 0 Å². The van der Waals surface area contributed by atoms with Gasteiger partial charge in [-0.3, -0.25) is 19.7 Å². The molecule has 0 aliphatic rings. The first-order chi connectivity index (χ1) is 9.45. The molecule has 2 aromatic rings. The Hall–Kier alpha value is -2.97. The van der Waals surface area contributed by atoms with Crippen LogP contribution in [0.4, 0.5) is 5.69 Å². The summed E-state index contributed by atoms with van der Waals surface area (Å²) >= 11 is 0. The number of nitro benzene ring substituents is 1. The average molecular weight is 279 g/mol. The molecule has 0 bridgehead atoms. The first-order valence-electron chi connectivity index (χ1n) is 5.37. The van der Waals surface area contributed by atoms with E-state index in [1.807, 2.05) is 0 Å². The third kappa shape index (κ3) is 2.16. The maximum Gasteiger partial charge on any atom is 0.330 e. The Morgan fingerprint density at radius 3 is 2.75 bits per heavy atom. The molecule has 0 fully saturated rings. The van der Waals surface area contributed by atoms with Gasteiger partial charge in [-0.05, 0) is 0 Å². The Bertz CT molecular complexity index is 767. The molecule has 0 spiro atoms. The number of rotatable bonds is 3. The van der Waals surface area contributed by atoms with Crippen molar-refractivity contribution in [1.82, 2.24) is 9.97 Å². The van der Waals surface area contributed by atoms with Crippen LogP contribution in [0.5, 0.6) is 11.5 Å². The summed E-state index contributed by atoms with van der Waals surface area (Å²) < 4.78 is 9.76. The van der Waals surface area contributed by atoms with Gasteiger partial charge in [0.25, 0.3) is 11.3 Å². The fraction of sp³-hybridized carbons (Fsp3) is 0.182. The maximum absolute atomic E-state index is 11.8. The predicted octanol–water partition coefficient (Wildman–Crippen LogP) is 0.765. The number of carbonyl (C=O) groups is 1. The number of methoxy groups -OCH3 is 1. The Labute approximate surface area is 111 Å². The zero-order valence-electron chi connectivity index (χ0n) is 10.5.